The average molecular weight is 467 g/mol. The van der Waals surface area contributed by atoms with Gasteiger partial charge in [-0.2, -0.15) is 18.3 Å². The molecule has 0 radical (unpaired) electrons. The van der Waals surface area contributed by atoms with E-state index in [1.54, 1.807) is 11.1 Å². The normalized spacial score (nSPS) is 18.7. The van der Waals surface area contributed by atoms with E-state index in [4.69, 9.17) is 0 Å². The van der Waals surface area contributed by atoms with Crippen molar-refractivity contribution in [2.24, 2.45) is 5.41 Å². The molecule has 0 N–H and O–H groups in total. The molecule has 12 heteroatoms. The van der Waals surface area contributed by atoms with Gasteiger partial charge in [0.15, 0.2) is 11.3 Å². The summed E-state index contributed by atoms with van der Waals surface area (Å²) in [5.41, 5.74) is 0.0198. The van der Waals surface area contributed by atoms with Crippen molar-refractivity contribution in [3.8, 4) is 0 Å². The molecule has 0 atom stereocenters. The lowest BCUT2D eigenvalue weighted by Gasteiger charge is -2.40. The van der Waals surface area contributed by atoms with Gasteiger partial charge in [0, 0.05) is 32.4 Å². The minimum absolute atomic E-state index is 0.0308. The first kappa shape index (κ1) is 21.8. The van der Waals surface area contributed by atoms with Crippen molar-refractivity contribution in [1.29, 1.82) is 0 Å². The van der Waals surface area contributed by atoms with Crippen LogP contribution in [0.2, 0.25) is 0 Å². The zero-order valence-electron chi connectivity index (χ0n) is 17.6. The molecule has 0 aromatic carbocycles. The van der Waals surface area contributed by atoms with Crippen LogP contribution in [0.5, 0.6) is 0 Å². The Hall–Kier alpha value is -3.05. The first-order valence-electron chi connectivity index (χ1n) is 10.7. The van der Waals surface area contributed by atoms with Gasteiger partial charge in [-0.05, 0) is 36.8 Å². The highest BCUT2D eigenvalue weighted by molar-refractivity contribution is 5.71. The van der Waals surface area contributed by atoms with E-state index in [-0.39, 0.29) is 11.1 Å². The molecule has 0 aliphatic carbocycles. The van der Waals surface area contributed by atoms with E-state index in [2.05, 4.69) is 25.0 Å². The van der Waals surface area contributed by atoms with Crippen LogP contribution in [0, 0.1) is 5.41 Å². The highest BCUT2D eigenvalue weighted by Crippen LogP contribution is 2.44. The molecule has 5 heterocycles. The molecule has 5 rings (SSSR count). The van der Waals surface area contributed by atoms with Gasteiger partial charge < -0.3 is 9.80 Å². The van der Waals surface area contributed by atoms with Crippen molar-refractivity contribution in [3.05, 3.63) is 36.4 Å². The Morgan fingerprint density at radius 2 is 1.73 bits per heavy atom. The zero-order chi connectivity index (χ0) is 23.2. The predicted molar refractivity (Wildman–Crippen MR) is 111 cm³/mol. The molecule has 2 saturated heterocycles. The second-order valence-electron chi connectivity index (χ2n) is 8.68. The standard InChI is InChI=1S/C21H22F5N7/c22-16(23)12-33-19-14(10-29-33)28-11-17(30-19)32-9-5-20(13-32)3-7-31(8-4-20)15-2-1-6-27-18(15)21(24,25)26/h1-2,6,10-11,16H,3-5,7-9,12-13H2. The van der Waals surface area contributed by atoms with Gasteiger partial charge in [-0.3, -0.25) is 0 Å². The molecule has 2 aliphatic heterocycles. The average Bonchev–Trinajstić information content (AvgIpc) is 3.38. The zero-order valence-corrected chi connectivity index (χ0v) is 17.6. The molecule has 0 saturated carbocycles. The Morgan fingerprint density at radius 1 is 1.00 bits per heavy atom. The lowest BCUT2D eigenvalue weighted by molar-refractivity contribution is -0.140. The lowest BCUT2D eigenvalue weighted by Crippen LogP contribution is -2.42. The second kappa shape index (κ2) is 8.07. The molecule has 0 bridgehead atoms. The molecule has 1 spiro atoms. The third-order valence-corrected chi connectivity index (χ3v) is 6.63. The van der Waals surface area contributed by atoms with E-state index in [1.165, 1.54) is 18.3 Å². The van der Waals surface area contributed by atoms with Gasteiger partial charge in [-0.15, -0.1) is 0 Å². The Bertz CT molecular complexity index is 1140. The van der Waals surface area contributed by atoms with E-state index in [9.17, 15) is 22.0 Å². The number of halogens is 5. The Labute approximate surface area is 186 Å². The van der Waals surface area contributed by atoms with Gasteiger partial charge in [0.2, 0.25) is 0 Å². The van der Waals surface area contributed by atoms with E-state index in [0.717, 1.165) is 36.7 Å². The number of pyridine rings is 1. The highest BCUT2D eigenvalue weighted by Gasteiger charge is 2.43. The van der Waals surface area contributed by atoms with Crippen molar-refractivity contribution in [2.75, 3.05) is 36.0 Å². The number of hydrogen-bond acceptors (Lipinski definition) is 6. The monoisotopic (exact) mass is 467 g/mol. The number of alkyl halides is 5. The highest BCUT2D eigenvalue weighted by atomic mass is 19.4. The van der Waals surface area contributed by atoms with Crippen LogP contribution >= 0.6 is 0 Å². The molecule has 2 aliphatic rings. The maximum absolute atomic E-state index is 13.4. The van der Waals surface area contributed by atoms with E-state index >= 15 is 0 Å². The van der Waals surface area contributed by atoms with Gasteiger partial charge in [0.25, 0.3) is 6.43 Å². The minimum atomic E-state index is -4.50. The largest absolute Gasteiger partial charge is 0.435 e. The first-order chi connectivity index (χ1) is 15.7. The van der Waals surface area contributed by atoms with Crippen molar-refractivity contribution < 1.29 is 22.0 Å². The number of rotatable bonds is 4. The number of nitrogens with zero attached hydrogens (tertiary/aromatic N) is 7. The maximum atomic E-state index is 13.4. The number of anilines is 2. The molecule has 176 valence electrons. The molecule has 0 amide bonds. The SMILES string of the molecule is FC(F)Cn1ncc2ncc(N3CCC4(CCN(c5cccnc5C(F)(F)F)CC4)C3)nc21. The van der Waals surface area contributed by atoms with E-state index in [1.807, 2.05) is 0 Å². The molecule has 0 unspecified atom stereocenters. The number of hydrogen-bond donors (Lipinski definition) is 0. The number of piperidine rings is 1. The summed E-state index contributed by atoms with van der Waals surface area (Å²) in [7, 11) is 0. The van der Waals surface area contributed by atoms with Crippen LogP contribution in [0.1, 0.15) is 25.0 Å². The van der Waals surface area contributed by atoms with Crippen LogP contribution in [0.3, 0.4) is 0 Å². The molecule has 7 nitrogen and oxygen atoms in total. The Kier molecular flexibility index (Phi) is 5.32. The van der Waals surface area contributed by atoms with Gasteiger partial charge in [-0.25, -0.2) is 28.4 Å². The Morgan fingerprint density at radius 3 is 2.42 bits per heavy atom. The summed E-state index contributed by atoms with van der Waals surface area (Å²) < 4.78 is 66.9. The fourth-order valence-corrected chi connectivity index (χ4v) is 4.89. The van der Waals surface area contributed by atoms with Crippen molar-refractivity contribution in [2.45, 2.75) is 38.4 Å². The summed E-state index contributed by atoms with van der Waals surface area (Å²) in [4.78, 5) is 16.3. The Balaban J connectivity index is 1.30. The van der Waals surface area contributed by atoms with Crippen LogP contribution in [-0.2, 0) is 12.7 Å². The van der Waals surface area contributed by atoms with Crippen molar-refractivity contribution in [3.63, 3.8) is 0 Å². The molecule has 33 heavy (non-hydrogen) atoms. The van der Waals surface area contributed by atoms with Crippen molar-refractivity contribution >= 4 is 22.7 Å². The minimum Gasteiger partial charge on any atom is -0.370 e. The predicted octanol–water partition coefficient (Wildman–Crippen LogP) is 4.00. The van der Waals surface area contributed by atoms with Gasteiger partial charge >= 0.3 is 6.18 Å². The summed E-state index contributed by atoms with van der Waals surface area (Å²) in [6.07, 6.45) is -0.461. The summed E-state index contributed by atoms with van der Waals surface area (Å²) in [5.74, 6) is 0.601. The van der Waals surface area contributed by atoms with Gasteiger partial charge in [0.1, 0.15) is 17.9 Å². The third kappa shape index (κ3) is 4.18. The summed E-state index contributed by atoms with van der Waals surface area (Å²) >= 11 is 0. The first-order valence-corrected chi connectivity index (χ1v) is 10.7. The third-order valence-electron chi connectivity index (χ3n) is 6.63. The van der Waals surface area contributed by atoms with Crippen molar-refractivity contribution in [1.82, 2.24) is 24.7 Å². The fraction of sp³-hybridized carbons (Fsp3) is 0.524. The fourth-order valence-electron chi connectivity index (χ4n) is 4.89. The lowest BCUT2D eigenvalue weighted by atomic mass is 9.77. The summed E-state index contributed by atoms with van der Waals surface area (Å²) in [6.45, 7) is 1.89. The smallest absolute Gasteiger partial charge is 0.370 e. The van der Waals surface area contributed by atoms with E-state index < -0.39 is 24.8 Å². The number of fused-ring (bicyclic) bond motifs is 1. The van der Waals surface area contributed by atoms with Crippen LogP contribution in [-0.4, -0.2) is 57.3 Å². The molecule has 3 aromatic heterocycles. The number of aromatic nitrogens is 5. The maximum Gasteiger partial charge on any atom is 0.435 e. The molecule has 3 aromatic rings. The summed E-state index contributed by atoms with van der Waals surface area (Å²) in [6, 6.07) is 3.00. The quantitative estimate of drug-likeness (QED) is 0.541. The van der Waals surface area contributed by atoms with E-state index in [0.29, 0.717) is 36.6 Å². The molecule has 2 fully saturated rings. The molecular formula is C21H22F5N7. The second-order valence-corrected chi connectivity index (χ2v) is 8.68. The van der Waals surface area contributed by atoms with Crippen LogP contribution in [0.4, 0.5) is 33.5 Å². The molecular weight excluding hydrogens is 445 g/mol. The van der Waals surface area contributed by atoms with Crippen LogP contribution in [0.15, 0.2) is 30.7 Å². The van der Waals surface area contributed by atoms with Gasteiger partial charge in [-0.1, -0.05) is 0 Å². The summed E-state index contributed by atoms with van der Waals surface area (Å²) in [5, 5.41) is 3.95. The van der Waals surface area contributed by atoms with Crippen LogP contribution < -0.4 is 9.80 Å². The van der Waals surface area contributed by atoms with Crippen LogP contribution in [0.25, 0.3) is 11.2 Å². The topological polar surface area (TPSA) is 63.0 Å². The van der Waals surface area contributed by atoms with Gasteiger partial charge in [0.05, 0.1) is 18.1 Å².